The van der Waals surface area contributed by atoms with Gasteiger partial charge in [0.05, 0.1) is 13.0 Å². The van der Waals surface area contributed by atoms with E-state index in [0.717, 1.165) is 0 Å². The Morgan fingerprint density at radius 3 is 3.00 bits per heavy atom. The maximum atomic E-state index is 11.3. The third-order valence-electron chi connectivity index (χ3n) is 2.55. The van der Waals surface area contributed by atoms with Crippen LogP contribution >= 0.6 is 0 Å². The van der Waals surface area contributed by atoms with Gasteiger partial charge < -0.3 is 19.9 Å². The minimum absolute atomic E-state index is 0.0214. The summed E-state index contributed by atoms with van der Waals surface area (Å²) in [6.07, 6.45) is 1.50. The van der Waals surface area contributed by atoms with Gasteiger partial charge in [-0.15, -0.1) is 0 Å². The van der Waals surface area contributed by atoms with E-state index in [2.05, 4.69) is 11.9 Å². The summed E-state index contributed by atoms with van der Waals surface area (Å²) in [7, 11) is 0. The minimum Gasteiger partial charge on any atom is -0.481 e. The number of amides is 1. The molecule has 6 heteroatoms. The Morgan fingerprint density at radius 2 is 2.35 bits per heavy atom. The second kappa shape index (κ2) is 6.90. The van der Waals surface area contributed by atoms with Crippen LogP contribution in [0.15, 0.2) is 12.7 Å². The van der Waals surface area contributed by atoms with Crippen molar-refractivity contribution in [2.24, 2.45) is 5.92 Å². The van der Waals surface area contributed by atoms with Gasteiger partial charge in [-0.1, -0.05) is 12.7 Å². The fraction of sp³-hybridized carbons (Fsp3) is 0.636. The zero-order valence-electron chi connectivity index (χ0n) is 9.55. The average Bonchev–Trinajstić information content (AvgIpc) is 2.28. The molecule has 1 saturated heterocycles. The number of carbonyl (C=O) groups excluding carboxylic acids is 1. The van der Waals surface area contributed by atoms with Crippen molar-refractivity contribution in [1.82, 2.24) is 5.32 Å². The number of carbonyl (C=O) groups is 2. The van der Waals surface area contributed by atoms with Crippen molar-refractivity contribution in [2.45, 2.75) is 18.9 Å². The highest BCUT2D eigenvalue weighted by molar-refractivity contribution is 5.69. The number of hydrogen-bond acceptors (Lipinski definition) is 4. The molecule has 1 heterocycles. The predicted molar refractivity (Wildman–Crippen MR) is 59.6 cm³/mol. The second-order valence-electron chi connectivity index (χ2n) is 3.86. The molecule has 1 aliphatic heterocycles. The summed E-state index contributed by atoms with van der Waals surface area (Å²) < 4.78 is 10.00. The van der Waals surface area contributed by atoms with E-state index in [1.165, 1.54) is 6.08 Å². The van der Waals surface area contributed by atoms with E-state index in [4.69, 9.17) is 14.6 Å². The molecule has 0 aromatic rings. The molecule has 17 heavy (non-hydrogen) atoms. The fourth-order valence-electron chi connectivity index (χ4n) is 1.74. The molecule has 0 aromatic carbocycles. The molecule has 0 spiro atoms. The summed E-state index contributed by atoms with van der Waals surface area (Å²) in [5.41, 5.74) is 0. The van der Waals surface area contributed by atoms with Crippen LogP contribution in [0.1, 0.15) is 12.8 Å². The molecule has 0 saturated carbocycles. The van der Waals surface area contributed by atoms with Gasteiger partial charge in [0.25, 0.3) is 0 Å². The largest absolute Gasteiger partial charge is 0.481 e. The van der Waals surface area contributed by atoms with Crippen molar-refractivity contribution >= 4 is 12.1 Å². The molecule has 6 nitrogen and oxygen atoms in total. The number of carboxylic acid groups (broad SMARTS) is 1. The smallest absolute Gasteiger partial charge is 0.407 e. The molecule has 2 unspecified atom stereocenters. The van der Waals surface area contributed by atoms with Crippen LogP contribution in [0.5, 0.6) is 0 Å². The van der Waals surface area contributed by atoms with Gasteiger partial charge in [-0.3, -0.25) is 4.79 Å². The van der Waals surface area contributed by atoms with Gasteiger partial charge in [0, 0.05) is 18.6 Å². The first-order chi connectivity index (χ1) is 8.13. The van der Waals surface area contributed by atoms with Crippen molar-refractivity contribution in [2.75, 3.05) is 19.8 Å². The molecule has 1 rings (SSSR count). The van der Waals surface area contributed by atoms with Crippen molar-refractivity contribution in [1.29, 1.82) is 0 Å². The van der Waals surface area contributed by atoms with E-state index in [0.29, 0.717) is 19.6 Å². The number of aliphatic carboxylic acids is 1. The first-order valence-electron chi connectivity index (χ1n) is 5.47. The van der Waals surface area contributed by atoms with Crippen LogP contribution in [-0.2, 0) is 14.3 Å². The van der Waals surface area contributed by atoms with E-state index in [1.54, 1.807) is 0 Å². The van der Waals surface area contributed by atoms with Gasteiger partial charge >= 0.3 is 12.1 Å². The quantitative estimate of drug-likeness (QED) is 0.697. The van der Waals surface area contributed by atoms with Crippen LogP contribution in [0.3, 0.4) is 0 Å². The lowest BCUT2D eigenvalue weighted by Gasteiger charge is -2.30. The Balaban J connectivity index is 2.44. The van der Waals surface area contributed by atoms with Crippen molar-refractivity contribution in [3.63, 3.8) is 0 Å². The van der Waals surface area contributed by atoms with E-state index < -0.39 is 12.1 Å². The molecule has 0 bridgehead atoms. The van der Waals surface area contributed by atoms with E-state index in [9.17, 15) is 9.59 Å². The van der Waals surface area contributed by atoms with Gasteiger partial charge in [0.2, 0.25) is 0 Å². The first kappa shape index (κ1) is 13.5. The summed E-state index contributed by atoms with van der Waals surface area (Å²) in [6, 6.07) is -0.211. The number of carboxylic acids is 1. The Hall–Kier alpha value is -1.56. The minimum atomic E-state index is -0.897. The standard InChI is InChI=1S/C11H17NO5/c1-2-4-17-11(15)12-9-3-5-16-7-8(9)6-10(13)14/h2,8-9H,1,3-7H2,(H,12,15)(H,13,14). The van der Waals surface area contributed by atoms with Crippen LogP contribution in [0.4, 0.5) is 4.79 Å². The van der Waals surface area contributed by atoms with E-state index in [1.807, 2.05) is 0 Å². The highest BCUT2D eigenvalue weighted by atomic mass is 16.5. The van der Waals surface area contributed by atoms with Crippen LogP contribution in [0, 0.1) is 5.92 Å². The maximum Gasteiger partial charge on any atom is 0.407 e. The molecule has 2 N–H and O–H groups in total. The topological polar surface area (TPSA) is 84.9 Å². The lowest BCUT2D eigenvalue weighted by Crippen LogP contribution is -2.46. The molecule has 1 aliphatic rings. The predicted octanol–water partition coefficient (Wildman–Crippen LogP) is 0.778. The van der Waals surface area contributed by atoms with Gasteiger partial charge in [-0.2, -0.15) is 0 Å². The average molecular weight is 243 g/mol. The van der Waals surface area contributed by atoms with Gasteiger partial charge in [-0.05, 0) is 6.42 Å². The van der Waals surface area contributed by atoms with E-state index in [-0.39, 0.29) is 25.0 Å². The van der Waals surface area contributed by atoms with Crippen molar-refractivity contribution < 1.29 is 24.2 Å². The molecule has 96 valence electrons. The first-order valence-corrected chi connectivity index (χ1v) is 5.47. The Labute approximate surface area is 99.6 Å². The summed E-state index contributed by atoms with van der Waals surface area (Å²) in [6.45, 7) is 4.43. The van der Waals surface area contributed by atoms with Gasteiger partial charge in [0.15, 0.2) is 0 Å². The molecule has 1 amide bonds. The highest BCUT2D eigenvalue weighted by Gasteiger charge is 2.29. The van der Waals surface area contributed by atoms with Crippen molar-refractivity contribution in [3.05, 3.63) is 12.7 Å². The Kier molecular flexibility index (Phi) is 5.48. The molecule has 0 aromatic heterocycles. The summed E-state index contributed by atoms with van der Waals surface area (Å²) >= 11 is 0. The third kappa shape index (κ3) is 4.86. The number of rotatable bonds is 5. The third-order valence-corrected chi connectivity index (χ3v) is 2.55. The van der Waals surface area contributed by atoms with Crippen LogP contribution < -0.4 is 5.32 Å². The number of ether oxygens (including phenoxy) is 2. The van der Waals surface area contributed by atoms with Gasteiger partial charge in [0.1, 0.15) is 6.61 Å². The molecule has 0 aliphatic carbocycles. The molecular weight excluding hydrogens is 226 g/mol. The van der Waals surface area contributed by atoms with Crippen LogP contribution in [0.25, 0.3) is 0 Å². The number of hydrogen-bond donors (Lipinski definition) is 2. The molecule has 2 atom stereocenters. The number of alkyl carbamates (subject to hydrolysis) is 1. The summed E-state index contributed by atoms with van der Waals surface area (Å²) in [4.78, 5) is 22.0. The maximum absolute atomic E-state index is 11.3. The van der Waals surface area contributed by atoms with Gasteiger partial charge in [-0.25, -0.2) is 4.79 Å². The summed E-state index contributed by atoms with van der Waals surface area (Å²) in [5.74, 6) is -1.11. The van der Waals surface area contributed by atoms with Crippen molar-refractivity contribution in [3.8, 4) is 0 Å². The van der Waals surface area contributed by atoms with Crippen LogP contribution in [-0.4, -0.2) is 43.0 Å². The Morgan fingerprint density at radius 1 is 1.59 bits per heavy atom. The highest BCUT2D eigenvalue weighted by Crippen LogP contribution is 2.18. The van der Waals surface area contributed by atoms with E-state index >= 15 is 0 Å². The molecular formula is C11H17NO5. The van der Waals surface area contributed by atoms with Crippen LogP contribution in [0.2, 0.25) is 0 Å². The zero-order chi connectivity index (χ0) is 12.7. The lowest BCUT2D eigenvalue weighted by molar-refractivity contribution is -0.139. The number of nitrogens with one attached hydrogen (secondary N) is 1. The molecule has 1 fully saturated rings. The monoisotopic (exact) mass is 243 g/mol. The fourth-order valence-corrected chi connectivity index (χ4v) is 1.74. The lowest BCUT2D eigenvalue weighted by atomic mass is 9.93. The molecule has 0 radical (unpaired) electrons. The summed E-state index contributed by atoms with van der Waals surface area (Å²) in [5, 5.41) is 11.4. The second-order valence-corrected chi connectivity index (χ2v) is 3.86. The Bertz CT molecular complexity index is 292. The normalized spacial score (nSPS) is 23.8. The zero-order valence-corrected chi connectivity index (χ0v) is 9.55. The SMILES string of the molecule is C=CCOC(=O)NC1CCOCC1CC(=O)O.